The van der Waals surface area contributed by atoms with Gasteiger partial charge in [0.15, 0.2) is 0 Å². The fourth-order valence-electron chi connectivity index (χ4n) is 2.83. The van der Waals surface area contributed by atoms with Gasteiger partial charge < -0.3 is 15.4 Å². The van der Waals surface area contributed by atoms with Crippen LogP contribution < -0.4 is 10.6 Å². The van der Waals surface area contributed by atoms with E-state index >= 15 is 0 Å². The molecule has 5 heteroatoms. The van der Waals surface area contributed by atoms with Gasteiger partial charge in [0.25, 0.3) is 0 Å². The Kier molecular flexibility index (Phi) is 7.73. The van der Waals surface area contributed by atoms with Crippen LogP contribution in [0.4, 0.5) is 0 Å². The van der Waals surface area contributed by atoms with E-state index in [1.165, 1.54) is 12.8 Å². The Bertz CT molecular complexity index is 270. The lowest BCUT2D eigenvalue weighted by Crippen LogP contribution is -2.48. The minimum atomic E-state index is 0. The summed E-state index contributed by atoms with van der Waals surface area (Å²) in [6.07, 6.45) is 6.40. The van der Waals surface area contributed by atoms with Gasteiger partial charge in [-0.2, -0.15) is 0 Å². The van der Waals surface area contributed by atoms with Crippen molar-refractivity contribution in [2.75, 3.05) is 19.7 Å². The first-order valence-electron chi connectivity index (χ1n) is 7.37. The van der Waals surface area contributed by atoms with Crippen molar-refractivity contribution >= 4 is 18.3 Å². The van der Waals surface area contributed by atoms with Crippen molar-refractivity contribution in [3.05, 3.63) is 0 Å². The third kappa shape index (κ3) is 5.67. The molecule has 0 aromatic rings. The molecule has 1 amide bonds. The summed E-state index contributed by atoms with van der Waals surface area (Å²) in [5.41, 5.74) is 0. The zero-order valence-electron chi connectivity index (χ0n) is 11.8. The summed E-state index contributed by atoms with van der Waals surface area (Å²) >= 11 is 0. The van der Waals surface area contributed by atoms with Crippen LogP contribution in [0.1, 0.15) is 45.4 Å². The molecule has 2 N–H and O–H groups in total. The highest BCUT2D eigenvalue weighted by Crippen LogP contribution is 2.17. The average molecular weight is 291 g/mol. The number of rotatable bonds is 4. The summed E-state index contributed by atoms with van der Waals surface area (Å²) in [6.45, 7) is 5.09. The SMILES string of the molecule is CC1CNCCC1NC(=O)CCC1CCCCO1.Cl. The van der Waals surface area contributed by atoms with Crippen molar-refractivity contribution in [1.82, 2.24) is 10.6 Å². The molecule has 0 bridgehead atoms. The number of ether oxygens (including phenoxy) is 1. The van der Waals surface area contributed by atoms with Crippen LogP contribution in [-0.2, 0) is 9.53 Å². The highest BCUT2D eigenvalue weighted by atomic mass is 35.5. The largest absolute Gasteiger partial charge is 0.378 e. The number of piperidine rings is 1. The van der Waals surface area contributed by atoms with Gasteiger partial charge in [0.05, 0.1) is 6.10 Å². The number of carbonyl (C=O) groups excluding carboxylic acids is 1. The summed E-state index contributed by atoms with van der Waals surface area (Å²) in [5, 5.41) is 6.52. The summed E-state index contributed by atoms with van der Waals surface area (Å²) in [6, 6.07) is 0.353. The topological polar surface area (TPSA) is 50.4 Å². The van der Waals surface area contributed by atoms with Gasteiger partial charge >= 0.3 is 0 Å². The Morgan fingerprint density at radius 1 is 1.37 bits per heavy atom. The van der Waals surface area contributed by atoms with Gasteiger partial charge in [-0.1, -0.05) is 6.92 Å². The predicted molar refractivity (Wildman–Crippen MR) is 78.7 cm³/mol. The summed E-state index contributed by atoms with van der Waals surface area (Å²) in [7, 11) is 0. The Balaban J connectivity index is 0.00000180. The van der Waals surface area contributed by atoms with Crippen LogP contribution in [0.5, 0.6) is 0 Å². The van der Waals surface area contributed by atoms with Gasteiger partial charge in [0.2, 0.25) is 5.91 Å². The maximum atomic E-state index is 11.9. The summed E-state index contributed by atoms with van der Waals surface area (Å²) < 4.78 is 5.65. The van der Waals surface area contributed by atoms with E-state index in [1.807, 2.05) is 0 Å². The second kappa shape index (κ2) is 8.77. The zero-order chi connectivity index (χ0) is 12.8. The third-order valence-electron chi connectivity index (χ3n) is 4.10. The van der Waals surface area contributed by atoms with Gasteiger partial charge in [-0.05, 0) is 51.1 Å². The van der Waals surface area contributed by atoms with E-state index < -0.39 is 0 Å². The van der Waals surface area contributed by atoms with E-state index in [4.69, 9.17) is 4.74 Å². The zero-order valence-corrected chi connectivity index (χ0v) is 12.6. The standard InChI is InChI=1S/C14H26N2O2.ClH/c1-11-10-15-8-7-13(11)16-14(17)6-5-12-4-2-3-9-18-12;/h11-13,15H,2-10H2,1H3,(H,16,17);1H. The molecule has 2 rings (SSSR count). The molecule has 4 nitrogen and oxygen atoms in total. The second-order valence-corrected chi connectivity index (χ2v) is 5.67. The number of nitrogens with one attached hydrogen (secondary N) is 2. The van der Waals surface area contributed by atoms with Crippen LogP contribution in [0.2, 0.25) is 0 Å². The van der Waals surface area contributed by atoms with E-state index in [0.717, 1.165) is 39.0 Å². The van der Waals surface area contributed by atoms with E-state index in [0.29, 0.717) is 24.5 Å². The summed E-state index contributed by atoms with van der Waals surface area (Å²) in [4.78, 5) is 11.9. The molecular formula is C14H27ClN2O2. The van der Waals surface area contributed by atoms with Gasteiger partial charge in [-0.25, -0.2) is 0 Å². The fraction of sp³-hybridized carbons (Fsp3) is 0.929. The Labute approximate surface area is 122 Å². The van der Waals surface area contributed by atoms with Gasteiger partial charge in [0.1, 0.15) is 0 Å². The number of amides is 1. The molecule has 2 heterocycles. The lowest BCUT2D eigenvalue weighted by molar-refractivity contribution is -0.123. The smallest absolute Gasteiger partial charge is 0.220 e. The van der Waals surface area contributed by atoms with Crippen LogP contribution in [0, 0.1) is 5.92 Å². The van der Waals surface area contributed by atoms with Gasteiger partial charge in [-0.15, -0.1) is 12.4 Å². The van der Waals surface area contributed by atoms with Crippen molar-refractivity contribution in [2.45, 2.75) is 57.6 Å². The predicted octanol–water partition coefficient (Wildman–Crippen LogP) is 1.87. The first-order valence-corrected chi connectivity index (χ1v) is 7.37. The fourth-order valence-corrected chi connectivity index (χ4v) is 2.83. The number of carbonyl (C=O) groups is 1. The average Bonchev–Trinajstić information content (AvgIpc) is 2.40. The van der Waals surface area contributed by atoms with Crippen LogP contribution >= 0.6 is 12.4 Å². The molecule has 0 saturated carbocycles. The van der Waals surface area contributed by atoms with E-state index in [2.05, 4.69) is 17.6 Å². The first-order chi connectivity index (χ1) is 8.75. The van der Waals surface area contributed by atoms with Crippen molar-refractivity contribution < 1.29 is 9.53 Å². The maximum absolute atomic E-state index is 11.9. The molecule has 112 valence electrons. The van der Waals surface area contributed by atoms with E-state index in [-0.39, 0.29) is 18.3 Å². The number of hydrogen-bond donors (Lipinski definition) is 2. The molecule has 0 aromatic carbocycles. The molecule has 0 radical (unpaired) electrons. The van der Waals surface area contributed by atoms with Crippen LogP contribution in [0.25, 0.3) is 0 Å². The Morgan fingerprint density at radius 3 is 2.89 bits per heavy atom. The molecule has 2 aliphatic heterocycles. The number of halogens is 1. The van der Waals surface area contributed by atoms with Gasteiger partial charge in [0, 0.05) is 19.1 Å². The molecule has 3 atom stereocenters. The maximum Gasteiger partial charge on any atom is 0.220 e. The van der Waals surface area contributed by atoms with Crippen molar-refractivity contribution in [2.24, 2.45) is 5.92 Å². The van der Waals surface area contributed by atoms with Crippen LogP contribution in [-0.4, -0.2) is 37.7 Å². The van der Waals surface area contributed by atoms with E-state index in [1.54, 1.807) is 0 Å². The minimum Gasteiger partial charge on any atom is -0.378 e. The van der Waals surface area contributed by atoms with Crippen molar-refractivity contribution in [1.29, 1.82) is 0 Å². The lowest BCUT2D eigenvalue weighted by atomic mass is 9.95. The second-order valence-electron chi connectivity index (χ2n) is 5.67. The summed E-state index contributed by atoms with van der Waals surface area (Å²) in [5.74, 6) is 0.733. The molecule has 0 aromatic heterocycles. The molecule has 2 fully saturated rings. The van der Waals surface area contributed by atoms with Crippen LogP contribution in [0.15, 0.2) is 0 Å². The molecular weight excluding hydrogens is 264 g/mol. The number of hydrogen-bond acceptors (Lipinski definition) is 3. The highest BCUT2D eigenvalue weighted by Gasteiger charge is 2.23. The first kappa shape index (κ1) is 16.7. The van der Waals surface area contributed by atoms with Crippen LogP contribution in [0.3, 0.4) is 0 Å². The highest BCUT2D eigenvalue weighted by molar-refractivity contribution is 5.85. The minimum absolute atomic E-state index is 0. The molecule has 2 saturated heterocycles. The lowest BCUT2D eigenvalue weighted by Gasteiger charge is -2.30. The monoisotopic (exact) mass is 290 g/mol. The molecule has 19 heavy (non-hydrogen) atoms. The molecule has 3 unspecified atom stereocenters. The van der Waals surface area contributed by atoms with Gasteiger partial charge in [-0.3, -0.25) is 4.79 Å². The molecule has 0 aliphatic carbocycles. The van der Waals surface area contributed by atoms with E-state index in [9.17, 15) is 4.79 Å². The molecule has 0 spiro atoms. The normalized spacial score (nSPS) is 31.3. The van der Waals surface area contributed by atoms with Crippen molar-refractivity contribution in [3.8, 4) is 0 Å². The molecule has 2 aliphatic rings. The van der Waals surface area contributed by atoms with Crippen molar-refractivity contribution in [3.63, 3.8) is 0 Å². The Morgan fingerprint density at radius 2 is 2.21 bits per heavy atom. The Hall–Kier alpha value is -0.320. The third-order valence-corrected chi connectivity index (χ3v) is 4.10. The quantitative estimate of drug-likeness (QED) is 0.831.